The van der Waals surface area contributed by atoms with Crippen LogP contribution in [0.25, 0.3) is 0 Å². The average molecular weight is 351 g/mol. The second kappa shape index (κ2) is 9.36. The summed E-state index contributed by atoms with van der Waals surface area (Å²) in [5.41, 5.74) is 1.50. The highest BCUT2D eigenvalue weighted by Crippen LogP contribution is 2.18. The van der Waals surface area contributed by atoms with Gasteiger partial charge in [0.2, 0.25) is 0 Å². The van der Waals surface area contributed by atoms with Crippen LogP contribution in [-0.2, 0) is 27.4 Å². The van der Waals surface area contributed by atoms with Gasteiger partial charge in [-0.1, -0.05) is 6.07 Å². The van der Waals surface area contributed by atoms with Crippen molar-refractivity contribution in [2.24, 2.45) is 10.9 Å². The molecular formula is C18H26FN3O3. The van der Waals surface area contributed by atoms with Crippen molar-refractivity contribution in [3.05, 3.63) is 35.1 Å². The number of rotatable bonds is 5. The fourth-order valence-corrected chi connectivity index (χ4v) is 3.01. The highest BCUT2D eigenvalue weighted by Gasteiger charge is 2.26. The first-order valence-corrected chi connectivity index (χ1v) is 8.38. The Bertz CT molecular complexity index is 614. The minimum atomic E-state index is -0.264. The van der Waals surface area contributed by atoms with E-state index in [1.807, 2.05) is 0 Å². The predicted molar refractivity (Wildman–Crippen MR) is 93.6 cm³/mol. The van der Waals surface area contributed by atoms with Gasteiger partial charge in [0.05, 0.1) is 19.6 Å². The summed E-state index contributed by atoms with van der Waals surface area (Å²) in [4.78, 5) is 18.0. The number of aliphatic imine (C=N–C) groups is 1. The van der Waals surface area contributed by atoms with Gasteiger partial charge in [0.25, 0.3) is 0 Å². The summed E-state index contributed by atoms with van der Waals surface area (Å²) in [7, 11) is 4.70. The molecule has 0 bridgehead atoms. The molecule has 25 heavy (non-hydrogen) atoms. The Morgan fingerprint density at radius 1 is 1.36 bits per heavy atom. The molecule has 1 aromatic carbocycles. The summed E-state index contributed by atoms with van der Waals surface area (Å²) < 4.78 is 23.5. The summed E-state index contributed by atoms with van der Waals surface area (Å²) in [5, 5.41) is 3.30. The zero-order chi connectivity index (χ0) is 18.2. The first-order chi connectivity index (χ1) is 12.1. The van der Waals surface area contributed by atoms with Gasteiger partial charge in [0, 0.05) is 39.4 Å². The van der Waals surface area contributed by atoms with Crippen molar-refractivity contribution in [2.45, 2.75) is 26.0 Å². The number of esters is 1. The van der Waals surface area contributed by atoms with Crippen molar-refractivity contribution in [2.75, 3.05) is 34.4 Å². The third kappa shape index (κ3) is 5.16. The number of hydrogen-bond acceptors (Lipinski definition) is 4. The summed E-state index contributed by atoms with van der Waals surface area (Å²) >= 11 is 0. The monoisotopic (exact) mass is 351 g/mol. The number of benzene rings is 1. The number of hydrogen-bond donors (Lipinski definition) is 1. The Hall–Kier alpha value is -2.15. The van der Waals surface area contributed by atoms with E-state index < -0.39 is 0 Å². The van der Waals surface area contributed by atoms with Gasteiger partial charge in [-0.3, -0.25) is 9.79 Å². The predicted octanol–water partition coefficient (Wildman–Crippen LogP) is 1.93. The fraction of sp³-hybridized carbons (Fsp3) is 0.556. The summed E-state index contributed by atoms with van der Waals surface area (Å²) in [6, 6.07) is 5.00. The van der Waals surface area contributed by atoms with Crippen LogP contribution in [0.4, 0.5) is 4.39 Å². The van der Waals surface area contributed by atoms with E-state index in [-0.39, 0.29) is 24.3 Å². The van der Waals surface area contributed by atoms with E-state index >= 15 is 0 Å². The zero-order valence-corrected chi connectivity index (χ0v) is 15.0. The van der Waals surface area contributed by atoms with Gasteiger partial charge in [-0.05, 0) is 30.5 Å². The molecular weight excluding hydrogens is 325 g/mol. The molecule has 1 saturated heterocycles. The van der Waals surface area contributed by atoms with Crippen LogP contribution in [0, 0.1) is 11.7 Å². The molecule has 1 N–H and O–H groups in total. The molecule has 0 saturated carbocycles. The number of carbonyl (C=O) groups excluding carboxylic acids is 1. The number of methoxy groups -OCH3 is 2. The van der Waals surface area contributed by atoms with E-state index in [4.69, 9.17) is 9.47 Å². The first-order valence-electron chi connectivity index (χ1n) is 8.38. The van der Waals surface area contributed by atoms with Gasteiger partial charge in [-0.25, -0.2) is 4.39 Å². The van der Waals surface area contributed by atoms with Gasteiger partial charge in [-0.15, -0.1) is 0 Å². The summed E-state index contributed by atoms with van der Waals surface area (Å²) in [6.07, 6.45) is 1.50. The first kappa shape index (κ1) is 19.2. The largest absolute Gasteiger partial charge is 0.469 e. The van der Waals surface area contributed by atoms with E-state index in [9.17, 15) is 9.18 Å². The van der Waals surface area contributed by atoms with Crippen molar-refractivity contribution in [3.8, 4) is 0 Å². The number of likely N-dealkylation sites (tertiary alicyclic amines) is 1. The van der Waals surface area contributed by atoms with Gasteiger partial charge in [0.1, 0.15) is 5.82 Å². The SMILES string of the molecule is CN=C(NCc1ccc(F)c(COC)c1)N1CCC(C(=O)OC)CC1. The van der Waals surface area contributed by atoms with Crippen LogP contribution in [0.5, 0.6) is 0 Å². The maximum atomic E-state index is 13.7. The lowest BCUT2D eigenvalue weighted by molar-refractivity contribution is -0.146. The molecule has 0 atom stereocenters. The van der Waals surface area contributed by atoms with Gasteiger partial charge in [-0.2, -0.15) is 0 Å². The molecule has 0 amide bonds. The molecule has 6 nitrogen and oxygen atoms in total. The number of halogens is 1. The number of ether oxygens (including phenoxy) is 2. The fourth-order valence-electron chi connectivity index (χ4n) is 3.01. The highest BCUT2D eigenvalue weighted by molar-refractivity contribution is 5.80. The molecule has 2 rings (SSSR count). The normalized spacial score (nSPS) is 16.0. The summed E-state index contributed by atoms with van der Waals surface area (Å²) in [5.74, 6) is 0.341. The van der Waals surface area contributed by atoms with Gasteiger partial charge >= 0.3 is 5.97 Å². The molecule has 138 valence electrons. The summed E-state index contributed by atoms with van der Waals surface area (Å²) in [6.45, 7) is 2.28. The molecule has 1 aliphatic rings. The third-order valence-electron chi connectivity index (χ3n) is 4.40. The molecule has 0 unspecified atom stereocenters. The Kier molecular flexibility index (Phi) is 7.18. The molecule has 1 fully saturated rings. The van der Waals surface area contributed by atoms with Crippen molar-refractivity contribution in [1.82, 2.24) is 10.2 Å². The van der Waals surface area contributed by atoms with E-state index in [1.165, 1.54) is 13.2 Å². The van der Waals surface area contributed by atoms with E-state index in [2.05, 4.69) is 15.2 Å². The standard InChI is InChI=1S/C18H26FN3O3/c1-20-18(22-8-6-14(7-9-22)17(23)25-3)21-11-13-4-5-16(19)15(10-13)12-24-2/h4-5,10,14H,6-9,11-12H2,1-3H3,(H,20,21). The second-order valence-electron chi connectivity index (χ2n) is 6.04. The Morgan fingerprint density at radius 2 is 2.08 bits per heavy atom. The van der Waals surface area contributed by atoms with Crippen LogP contribution < -0.4 is 5.32 Å². The van der Waals surface area contributed by atoms with Crippen LogP contribution >= 0.6 is 0 Å². The smallest absolute Gasteiger partial charge is 0.308 e. The number of carbonyl (C=O) groups is 1. The quantitative estimate of drug-likeness (QED) is 0.499. The third-order valence-corrected chi connectivity index (χ3v) is 4.40. The minimum absolute atomic E-state index is 0.0342. The van der Waals surface area contributed by atoms with Crippen molar-refractivity contribution in [3.63, 3.8) is 0 Å². The van der Waals surface area contributed by atoms with Crippen LogP contribution in [0.2, 0.25) is 0 Å². The Balaban J connectivity index is 1.91. The number of piperidine rings is 1. The maximum Gasteiger partial charge on any atom is 0.308 e. The lowest BCUT2D eigenvalue weighted by atomic mass is 9.97. The molecule has 0 aliphatic carbocycles. The Morgan fingerprint density at radius 3 is 2.68 bits per heavy atom. The van der Waals surface area contributed by atoms with Gasteiger partial charge in [0.15, 0.2) is 5.96 Å². The van der Waals surface area contributed by atoms with Crippen LogP contribution in [0.1, 0.15) is 24.0 Å². The zero-order valence-electron chi connectivity index (χ0n) is 15.0. The van der Waals surface area contributed by atoms with Crippen LogP contribution in [-0.4, -0.2) is 51.2 Å². The molecule has 0 aromatic heterocycles. The number of nitrogens with zero attached hydrogens (tertiary/aromatic N) is 2. The number of nitrogens with one attached hydrogen (secondary N) is 1. The molecule has 1 heterocycles. The van der Waals surface area contributed by atoms with Crippen molar-refractivity contribution >= 4 is 11.9 Å². The van der Waals surface area contributed by atoms with Gasteiger partial charge < -0.3 is 19.7 Å². The lowest BCUT2D eigenvalue weighted by Gasteiger charge is -2.33. The van der Waals surface area contributed by atoms with Crippen LogP contribution in [0.3, 0.4) is 0 Å². The molecule has 0 spiro atoms. The van der Waals surface area contributed by atoms with E-state index in [0.29, 0.717) is 12.1 Å². The van der Waals surface area contributed by atoms with E-state index in [1.54, 1.807) is 26.3 Å². The molecule has 1 aliphatic heterocycles. The lowest BCUT2D eigenvalue weighted by Crippen LogP contribution is -2.46. The van der Waals surface area contributed by atoms with Crippen molar-refractivity contribution in [1.29, 1.82) is 0 Å². The van der Waals surface area contributed by atoms with Crippen molar-refractivity contribution < 1.29 is 18.7 Å². The highest BCUT2D eigenvalue weighted by atomic mass is 19.1. The maximum absolute atomic E-state index is 13.7. The Labute approximate surface area is 148 Å². The molecule has 7 heteroatoms. The topological polar surface area (TPSA) is 63.2 Å². The second-order valence-corrected chi connectivity index (χ2v) is 6.04. The average Bonchev–Trinajstić information content (AvgIpc) is 2.64. The molecule has 0 radical (unpaired) electrons. The minimum Gasteiger partial charge on any atom is -0.469 e. The van der Waals surface area contributed by atoms with Crippen LogP contribution in [0.15, 0.2) is 23.2 Å². The van der Waals surface area contributed by atoms with E-state index in [0.717, 1.165) is 37.5 Å². The number of guanidine groups is 1. The molecule has 1 aromatic rings.